The summed E-state index contributed by atoms with van der Waals surface area (Å²) < 4.78 is 13.5. The molecule has 2 aromatic carbocycles. The molecule has 1 atom stereocenters. The molecule has 0 bridgehead atoms. The Morgan fingerprint density at radius 1 is 0.759 bits per heavy atom. The van der Waals surface area contributed by atoms with Gasteiger partial charge in [0, 0.05) is 35.1 Å². The first-order valence-corrected chi connectivity index (χ1v) is 22.1. The molecule has 1 N–H and O–H groups in total. The van der Waals surface area contributed by atoms with E-state index < -0.39 is 0 Å². The van der Waals surface area contributed by atoms with Gasteiger partial charge >= 0.3 is 0 Å². The molecule has 0 spiro atoms. The molecular weight excluding hydrogens is 717 g/mol. The van der Waals surface area contributed by atoms with E-state index in [1.54, 1.807) is 20.4 Å². The molecule has 1 aliphatic heterocycles. The van der Waals surface area contributed by atoms with Crippen LogP contribution in [0, 0.1) is 0 Å². The fourth-order valence-corrected chi connectivity index (χ4v) is 8.62. The van der Waals surface area contributed by atoms with Crippen molar-refractivity contribution in [3.8, 4) is 34.3 Å². The molecule has 0 aliphatic carbocycles. The third kappa shape index (κ3) is 10.1. The number of hydrogen-bond acceptors (Lipinski definition) is 6. The van der Waals surface area contributed by atoms with Crippen molar-refractivity contribution in [1.29, 1.82) is 0 Å². The second-order valence-corrected chi connectivity index (χ2v) is 16.1. The monoisotopic (exact) mass is 783 g/mol. The number of rotatable bonds is 24. The summed E-state index contributed by atoms with van der Waals surface area (Å²) in [6.45, 7) is 7.99. The molecule has 308 valence electrons. The molecule has 4 heterocycles. The van der Waals surface area contributed by atoms with Crippen LogP contribution in [0.5, 0.6) is 11.5 Å². The van der Waals surface area contributed by atoms with Crippen LogP contribution in [0.2, 0.25) is 0 Å². The van der Waals surface area contributed by atoms with Crippen LogP contribution in [0.4, 0.5) is 5.69 Å². The highest BCUT2D eigenvalue weighted by molar-refractivity contribution is 5.84. The Labute approximate surface area is 347 Å². The lowest BCUT2D eigenvalue weighted by atomic mass is 9.77. The maximum atomic E-state index is 5.80. The highest BCUT2D eigenvalue weighted by atomic mass is 16.5. The van der Waals surface area contributed by atoms with Gasteiger partial charge in [0.15, 0.2) is 5.65 Å². The number of fused-ring (bicyclic) bond motifs is 2. The van der Waals surface area contributed by atoms with Gasteiger partial charge in [-0.05, 0) is 86.0 Å². The van der Waals surface area contributed by atoms with Gasteiger partial charge in [0.2, 0.25) is 5.82 Å². The van der Waals surface area contributed by atoms with E-state index in [4.69, 9.17) is 9.47 Å². The summed E-state index contributed by atoms with van der Waals surface area (Å²) in [5, 5.41) is 12.7. The SMILES string of the molecule is CCCCCCCCCCCCCCCCN1C(=CC=C=Cc2c(-c3ccccc3OC)[nH]n3c(-c4ccccn4)nnc23)C(C)(CCCC)c2cc(OC)ccc21. The molecule has 58 heavy (non-hydrogen) atoms. The van der Waals surface area contributed by atoms with E-state index in [1.165, 1.54) is 107 Å². The molecule has 0 radical (unpaired) electrons. The van der Waals surface area contributed by atoms with E-state index in [1.807, 2.05) is 47.0 Å². The molecule has 5 aromatic rings. The number of nitrogens with one attached hydrogen (secondary N) is 1. The summed E-state index contributed by atoms with van der Waals surface area (Å²) in [5.74, 6) is 2.32. The number of unbranched alkanes of at least 4 members (excludes halogenated alkanes) is 14. The summed E-state index contributed by atoms with van der Waals surface area (Å²) in [6.07, 6.45) is 30.5. The standard InChI is InChI=1S/C50H66N6O2/c1-6-8-10-11-12-13-14-15-16-17-18-19-20-27-37-55-44-34-33-39(57-4)38-42(44)50(3,35-9-7-2)46(55)32-24-22-29-41-47(40-28-21-23-31-45(40)58-5)54-56-48(41)52-53-49(56)43-30-25-26-36-51-43/h21,23-26,28-34,36,38,54H,6-20,27,35,37H2,1-5H3. The van der Waals surface area contributed by atoms with Crippen molar-refractivity contribution in [3.05, 3.63) is 102 Å². The fraction of sp³-hybridized carbons (Fsp3) is 0.480. The van der Waals surface area contributed by atoms with E-state index in [2.05, 4.69) is 88.1 Å². The van der Waals surface area contributed by atoms with Crippen LogP contribution in [0.1, 0.15) is 141 Å². The van der Waals surface area contributed by atoms with Crippen LogP contribution in [-0.4, -0.2) is 45.6 Å². The van der Waals surface area contributed by atoms with Gasteiger partial charge in [-0.15, -0.1) is 15.9 Å². The minimum absolute atomic E-state index is 0.150. The number of H-pyrrole nitrogens is 1. The second kappa shape index (κ2) is 21.6. The lowest BCUT2D eigenvalue weighted by Gasteiger charge is -2.30. The van der Waals surface area contributed by atoms with Crippen molar-refractivity contribution in [2.75, 3.05) is 25.7 Å². The zero-order valence-corrected chi connectivity index (χ0v) is 35.9. The average Bonchev–Trinajstić information content (AvgIpc) is 3.90. The number of aromatic nitrogens is 5. The molecule has 1 unspecified atom stereocenters. The van der Waals surface area contributed by atoms with E-state index >= 15 is 0 Å². The fourth-order valence-electron chi connectivity index (χ4n) is 8.62. The van der Waals surface area contributed by atoms with E-state index in [9.17, 15) is 0 Å². The Kier molecular flexibility index (Phi) is 15.9. The highest BCUT2D eigenvalue weighted by Crippen LogP contribution is 2.52. The van der Waals surface area contributed by atoms with Gasteiger partial charge in [0.05, 0.1) is 25.5 Å². The number of hydrogen-bond donors (Lipinski definition) is 1. The average molecular weight is 783 g/mol. The van der Waals surface area contributed by atoms with Crippen molar-refractivity contribution < 1.29 is 9.47 Å². The van der Waals surface area contributed by atoms with E-state index in [0.29, 0.717) is 11.5 Å². The topological polar surface area (TPSA) is 80.6 Å². The molecule has 8 heteroatoms. The quantitative estimate of drug-likeness (QED) is 0.0496. The van der Waals surface area contributed by atoms with Crippen LogP contribution in [-0.2, 0) is 5.41 Å². The third-order valence-corrected chi connectivity index (χ3v) is 11.9. The van der Waals surface area contributed by atoms with Crippen molar-refractivity contribution in [1.82, 2.24) is 24.8 Å². The minimum atomic E-state index is -0.150. The lowest BCUT2D eigenvalue weighted by Crippen LogP contribution is -2.29. The number of para-hydroxylation sites is 1. The number of allylic oxidation sites excluding steroid dienone is 3. The van der Waals surface area contributed by atoms with Gasteiger partial charge in [-0.25, -0.2) is 4.52 Å². The van der Waals surface area contributed by atoms with Crippen molar-refractivity contribution >= 4 is 17.4 Å². The molecule has 3 aromatic heterocycles. The molecule has 0 saturated heterocycles. The van der Waals surface area contributed by atoms with Gasteiger partial charge in [0.25, 0.3) is 0 Å². The number of methoxy groups -OCH3 is 2. The summed E-state index contributed by atoms with van der Waals surface area (Å²) in [4.78, 5) is 7.13. The van der Waals surface area contributed by atoms with Crippen molar-refractivity contribution in [2.24, 2.45) is 0 Å². The van der Waals surface area contributed by atoms with Crippen LogP contribution < -0.4 is 14.4 Å². The van der Waals surface area contributed by atoms with Crippen LogP contribution >= 0.6 is 0 Å². The summed E-state index contributed by atoms with van der Waals surface area (Å²) in [5.41, 5.74) is 11.5. The molecule has 0 fully saturated rings. The van der Waals surface area contributed by atoms with Gasteiger partial charge in [-0.1, -0.05) is 128 Å². The summed E-state index contributed by atoms with van der Waals surface area (Å²) in [6, 6.07) is 20.5. The zero-order chi connectivity index (χ0) is 40.6. The highest BCUT2D eigenvalue weighted by Gasteiger charge is 2.43. The Bertz CT molecular complexity index is 2120. The zero-order valence-electron chi connectivity index (χ0n) is 35.9. The molecule has 0 amide bonds. The first-order valence-electron chi connectivity index (χ1n) is 22.1. The predicted octanol–water partition coefficient (Wildman–Crippen LogP) is 13.3. The lowest BCUT2D eigenvalue weighted by molar-refractivity contribution is 0.412. The van der Waals surface area contributed by atoms with Gasteiger partial charge in [0.1, 0.15) is 17.2 Å². The normalized spacial score (nSPS) is 15.5. The smallest absolute Gasteiger partial charge is 0.201 e. The van der Waals surface area contributed by atoms with Gasteiger partial charge < -0.3 is 14.4 Å². The molecule has 1 aliphatic rings. The number of pyridine rings is 1. The molecular formula is C50H66N6O2. The molecule has 8 nitrogen and oxygen atoms in total. The largest absolute Gasteiger partial charge is 0.497 e. The first-order chi connectivity index (χ1) is 28.5. The number of ether oxygens (including phenoxy) is 2. The molecule has 0 saturated carbocycles. The number of benzene rings is 2. The van der Waals surface area contributed by atoms with Crippen LogP contribution in [0.3, 0.4) is 0 Å². The number of nitrogens with zero attached hydrogens (tertiary/aromatic N) is 5. The summed E-state index contributed by atoms with van der Waals surface area (Å²) >= 11 is 0. The Balaban J connectivity index is 1.23. The Morgan fingerprint density at radius 3 is 2.12 bits per heavy atom. The molecule has 6 rings (SSSR count). The first kappa shape index (κ1) is 42.5. The number of aromatic amines is 1. The maximum absolute atomic E-state index is 5.80. The van der Waals surface area contributed by atoms with Crippen molar-refractivity contribution in [3.63, 3.8) is 0 Å². The summed E-state index contributed by atoms with van der Waals surface area (Å²) in [7, 11) is 3.47. The van der Waals surface area contributed by atoms with E-state index in [-0.39, 0.29) is 5.41 Å². The Morgan fingerprint density at radius 2 is 1.45 bits per heavy atom. The minimum Gasteiger partial charge on any atom is -0.497 e. The van der Waals surface area contributed by atoms with Crippen LogP contribution in [0.15, 0.2) is 90.4 Å². The van der Waals surface area contributed by atoms with Gasteiger partial charge in [-0.2, -0.15) is 0 Å². The van der Waals surface area contributed by atoms with E-state index in [0.717, 1.165) is 59.8 Å². The van der Waals surface area contributed by atoms with Gasteiger partial charge in [-0.3, -0.25) is 10.1 Å². The third-order valence-electron chi connectivity index (χ3n) is 11.9. The van der Waals surface area contributed by atoms with Crippen LogP contribution in [0.25, 0.3) is 34.5 Å². The predicted molar refractivity (Wildman–Crippen MR) is 241 cm³/mol. The second-order valence-electron chi connectivity index (χ2n) is 16.1. The Hall–Kier alpha value is -5.07. The maximum Gasteiger partial charge on any atom is 0.201 e. The van der Waals surface area contributed by atoms with Crippen molar-refractivity contribution in [2.45, 2.75) is 135 Å². The number of anilines is 1.